The smallest absolute Gasteiger partial charge is 0.240 e. The van der Waals surface area contributed by atoms with Gasteiger partial charge in [-0.05, 0) is 63.4 Å². The fourth-order valence-corrected chi connectivity index (χ4v) is 5.88. The van der Waals surface area contributed by atoms with E-state index in [4.69, 9.17) is 16.3 Å². The number of hydrogen-bond donors (Lipinski definition) is 3. The van der Waals surface area contributed by atoms with Crippen LogP contribution in [0.2, 0.25) is 5.02 Å². The van der Waals surface area contributed by atoms with Crippen LogP contribution < -0.4 is 10.0 Å². The summed E-state index contributed by atoms with van der Waals surface area (Å²) in [7, 11) is -3.77. The van der Waals surface area contributed by atoms with Gasteiger partial charge in [-0.1, -0.05) is 24.1 Å². The topological polar surface area (TPSA) is 108 Å². The number of sulfonamides is 1. The number of hydrogen-bond acceptors (Lipinski definition) is 6. The van der Waals surface area contributed by atoms with Crippen molar-refractivity contribution in [3.63, 3.8) is 0 Å². The van der Waals surface area contributed by atoms with Crippen molar-refractivity contribution in [1.82, 2.24) is 14.9 Å². The summed E-state index contributed by atoms with van der Waals surface area (Å²) >= 11 is 5.91. The molecule has 0 aliphatic carbocycles. The maximum absolute atomic E-state index is 12.7. The largest absolute Gasteiger partial charge is 0.394 e. The number of likely N-dealkylation sites (tertiary alicyclic amines) is 1. The van der Waals surface area contributed by atoms with Crippen LogP contribution in [-0.4, -0.2) is 75.4 Å². The molecule has 0 radical (unpaired) electrons. The molecule has 0 bridgehead atoms. The molecule has 0 spiro atoms. The van der Waals surface area contributed by atoms with E-state index in [-0.39, 0.29) is 23.5 Å². The molecular formula is C22H34ClN3O5S. The Bertz CT molecular complexity index is 848. The predicted molar refractivity (Wildman–Crippen MR) is 123 cm³/mol. The average molecular weight is 488 g/mol. The lowest BCUT2D eigenvalue weighted by Gasteiger charge is -2.36. The predicted octanol–water partition coefficient (Wildman–Crippen LogP) is 1.91. The quantitative estimate of drug-likeness (QED) is 0.465. The summed E-state index contributed by atoms with van der Waals surface area (Å²) in [6.07, 6.45) is 5.23. The molecule has 0 saturated carbocycles. The Morgan fingerprint density at radius 1 is 1.22 bits per heavy atom. The third kappa shape index (κ3) is 7.67. The highest BCUT2D eigenvalue weighted by atomic mass is 35.5. The standard InChI is InChI=1S/C22H34ClN3O5S/c23-17-5-4-6-19(15-17)32(29,30)25-20-8-7-18(31-21(20)16-27)9-11-24-22(28)10-14-26-12-2-1-3-13-26/h4-6,15,18,20-21,25,27H,1-3,7-14,16H2,(H,24,28)/t18-,20-,21+/m0/s1. The summed E-state index contributed by atoms with van der Waals surface area (Å²) in [5.74, 6) is 0.0391. The Hall–Kier alpha value is -1.23. The number of aliphatic hydroxyl groups excluding tert-OH is 1. The number of ether oxygens (including phenoxy) is 1. The normalized spacial score (nSPS) is 24.9. The van der Waals surface area contributed by atoms with Gasteiger partial charge in [-0.25, -0.2) is 13.1 Å². The molecule has 1 aromatic rings. The lowest BCUT2D eigenvalue weighted by atomic mass is 9.98. The van der Waals surface area contributed by atoms with Crippen LogP contribution in [0.1, 0.15) is 44.9 Å². The first-order valence-electron chi connectivity index (χ1n) is 11.4. The van der Waals surface area contributed by atoms with Gasteiger partial charge in [-0.3, -0.25) is 4.79 Å². The van der Waals surface area contributed by atoms with Gasteiger partial charge >= 0.3 is 0 Å². The maximum Gasteiger partial charge on any atom is 0.240 e. The minimum Gasteiger partial charge on any atom is -0.394 e. The molecule has 2 heterocycles. The number of piperidine rings is 1. The lowest BCUT2D eigenvalue weighted by molar-refractivity contribution is -0.122. The Morgan fingerprint density at radius 3 is 2.72 bits per heavy atom. The summed E-state index contributed by atoms with van der Waals surface area (Å²) in [5.41, 5.74) is 0. The number of aliphatic hydroxyl groups is 1. The molecule has 8 nitrogen and oxygen atoms in total. The minimum atomic E-state index is -3.77. The van der Waals surface area contributed by atoms with Crippen molar-refractivity contribution < 1.29 is 23.1 Å². The van der Waals surface area contributed by atoms with E-state index in [9.17, 15) is 18.3 Å². The van der Waals surface area contributed by atoms with Gasteiger partial charge < -0.3 is 20.1 Å². The number of carbonyl (C=O) groups excluding carboxylic acids is 1. The van der Waals surface area contributed by atoms with Crippen molar-refractivity contribution in [2.45, 2.75) is 68.1 Å². The molecule has 3 atom stereocenters. The molecule has 2 aliphatic heterocycles. The van der Waals surface area contributed by atoms with Crippen LogP contribution in [0.15, 0.2) is 29.2 Å². The molecule has 180 valence electrons. The highest BCUT2D eigenvalue weighted by Crippen LogP contribution is 2.24. The first kappa shape index (κ1) is 25.4. The minimum absolute atomic E-state index is 0.0391. The summed E-state index contributed by atoms with van der Waals surface area (Å²) in [6, 6.07) is 5.52. The molecular weight excluding hydrogens is 454 g/mol. The molecule has 1 amide bonds. The van der Waals surface area contributed by atoms with Crippen LogP contribution in [0.3, 0.4) is 0 Å². The molecule has 2 fully saturated rings. The maximum atomic E-state index is 12.7. The Labute approximate surface area is 195 Å². The lowest BCUT2D eigenvalue weighted by Crippen LogP contribution is -2.51. The zero-order valence-electron chi connectivity index (χ0n) is 18.3. The fourth-order valence-electron chi connectivity index (χ4n) is 4.28. The van der Waals surface area contributed by atoms with Crippen LogP contribution >= 0.6 is 11.6 Å². The molecule has 2 aliphatic rings. The highest BCUT2D eigenvalue weighted by molar-refractivity contribution is 7.89. The number of amides is 1. The number of halogens is 1. The van der Waals surface area contributed by atoms with Gasteiger partial charge in [0.15, 0.2) is 0 Å². The van der Waals surface area contributed by atoms with E-state index in [0.717, 1.165) is 19.6 Å². The van der Waals surface area contributed by atoms with Crippen molar-refractivity contribution in [1.29, 1.82) is 0 Å². The molecule has 0 aromatic heterocycles. The number of carbonyl (C=O) groups is 1. The van der Waals surface area contributed by atoms with E-state index in [1.807, 2.05) is 0 Å². The van der Waals surface area contributed by atoms with Gasteiger partial charge in [0.05, 0.1) is 29.8 Å². The number of rotatable bonds is 10. The van der Waals surface area contributed by atoms with Crippen LogP contribution in [0.25, 0.3) is 0 Å². The van der Waals surface area contributed by atoms with Gasteiger partial charge in [0.25, 0.3) is 0 Å². The second-order valence-electron chi connectivity index (χ2n) is 8.53. The zero-order valence-corrected chi connectivity index (χ0v) is 19.9. The molecule has 10 heteroatoms. The second-order valence-corrected chi connectivity index (χ2v) is 10.7. The first-order chi connectivity index (χ1) is 15.4. The van der Waals surface area contributed by atoms with Crippen molar-refractivity contribution in [3.05, 3.63) is 29.3 Å². The number of benzene rings is 1. The Kier molecular flexibility index (Phi) is 9.76. The van der Waals surface area contributed by atoms with Gasteiger partial charge in [0.1, 0.15) is 0 Å². The van der Waals surface area contributed by atoms with E-state index >= 15 is 0 Å². The molecule has 2 saturated heterocycles. The SMILES string of the molecule is O=C(CCN1CCCCC1)NCC[C@@H]1CC[C@H](NS(=O)(=O)c2cccc(Cl)c2)[C@@H](CO)O1. The first-order valence-corrected chi connectivity index (χ1v) is 13.3. The molecule has 32 heavy (non-hydrogen) atoms. The summed E-state index contributed by atoms with van der Waals surface area (Å²) in [5, 5.41) is 13.0. The second kappa shape index (κ2) is 12.3. The zero-order chi connectivity index (χ0) is 23.0. The Morgan fingerprint density at radius 2 is 2.00 bits per heavy atom. The number of nitrogens with one attached hydrogen (secondary N) is 2. The van der Waals surface area contributed by atoms with E-state index in [0.29, 0.717) is 37.3 Å². The molecule has 3 N–H and O–H groups in total. The summed E-state index contributed by atoms with van der Waals surface area (Å²) in [4.78, 5) is 14.5. The van der Waals surface area contributed by atoms with Gasteiger partial charge in [-0.15, -0.1) is 0 Å². The Balaban J connectivity index is 1.40. The number of nitrogens with zero attached hydrogens (tertiary/aromatic N) is 1. The third-order valence-corrected chi connectivity index (χ3v) is 7.82. The van der Waals surface area contributed by atoms with Crippen molar-refractivity contribution in [2.75, 3.05) is 32.8 Å². The monoisotopic (exact) mass is 487 g/mol. The van der Waals surface area contributed by atoms with E-state index in [1.54, 1.807) is 12.1 Å². The van der Waals surface area contributed by atoms with Gasteiger partial charge in [0.2, 0.25) is 15.9 Å². The van der Waals surface area contributed by atoms with Crippen molar-refractivity contribution in [3.8, 4) is 0 Å². The third-order valence-electron chi connectivity index (χ3n) is 6.10. The molecule has 3 rings (SSSR count). The van der Waals surface area contributed by atoms with E-state index < -0.39 is 22.2 Å². The van der Waals surface area contributed by atoms with Gasteiger partial charge in [0, 0.05) is 24.5 Å². The van der Waals surface area contributed by atoms with E-state index in [1.165, 1.54) is 31.4 Å². The van der Waals surface area contributed by atoms with Gasteiger partial charge in [-0.2, -0.15) is 0 Å². The summed E-state index contributed by atoms with van der Waals surface area (Å²) in [6.45, 7) is 3.16. The van der Waals surface area contributed by atoms with Crippen molar-refractivity contribution >= 4 is 27.5 Å². The average Bonchev–Trinajstić information content (AvgIpc) is 2.79. The summed E-state index contributed by atoms with van der Waals surface area (Å²) < 4.78 is 33.9. The molecule has 0 unspecified atom stereocenters. The fraction of sp³-hybridized carbons (Fsp3) is 0.682. The van der Waals surface area contributed by atoms with E-state index in [2.05, 4.69) is 14.9 Å². The van der Waals surface area contributed by atoms with Crippen LogP contribution in [0.5, 0.6) is 0 Å². The molecule has 1 aromatic carbocycles. The van der Waals surface area contributed by atoms with Crippen LogP contribution in [-0.2, 0) is 19.6 Å². The van der Waals surface area contributed by atoms with Crippen molar-refractivity contribution in [2.24, 2.45) is 0 Å². The van der Waals surface area contributed by atoms with Crippen LogP contribution in [0.4, 0.5) is 0 Å². The van der Waals surface area contributed by atoms with Crippen LogP contribution in [0, 0.1) is 0 Å². The highest BCUT2D eigenvalue weighted by Gasteiger charge is 2.34.